The van der Waals surface area contributed by atoms with Crippen LogP contribution >= 0.6 is 13.7 Å². The molecule has 7 nitrogen and oxygen atoms in total. The summed E-state index contributed by atoms with van der Waals surface area (Å²) in [7, 11) is -4.67. The molecule has 0 bridgehead atoms. The van der Waals surface area contributed by atoms with Crippen LogP contribution in [-0.2, 0) is 19.2 Å². The summed E-state index contributed by atoms with van der Waals surface area (Å²) in [6.45, 7) is 10.4. The van der Waals surface area contributed by atoms with Gasteiger partial charge in [0.2, 0.25) is 0 Å². The fourth-order valence-corrected chi connectivity index (χ4v) is 12.9. The van der Waals surface area contributed by atoms with Gasteiger partial charge in [-0.2, -0.15) is 0 Å². The Balaban J connectivity index is 3.66. The van der Waals surface area contributed by atoms with Gasteiger partial charge in [0.1, 0.15) is 0 Å². The average Bonchev–Trinajstić information content (AvgIpc) is 2.86. The van der Waals surface area contributed by atoms with Crippen molar-refractivity contribution in [3.05, 3.63) is 29.3 Å². The van der Waals surface area contributed by atoms with Crippen LogP contribution in [0.2, 0.25) is 0 Å². The van der Waals surface area contributed by atoms with E-state index in [0.29, 0.717) is 49.3 Å². The second-order valence-corrected chi connectivity index (χ2v) is 23.5. The molecule has 0 amide bonds. The molecule has 0 aromatic heterocycles. The third-order valence-electron chi connectivity index (χ3n) is 8.76. The van der Waals surface area contributed by atoms with Crippen LogP contribution in [0.4, 0.5) is 0 Å². The first kappa shape index (κ1) is 31.0. The monoisotopic (exact) mass is 538 g/mol. The van der Waals surface area contributed by atoms with Crippen molar-refractivity contribution in [3.63, 3.8) is 0 Å². The van der Waals surface area contributed by atoms with Gasteiger partial charge in [0.25, 0.3) is 0 Å². The summed E-state index contributed by atoms with van der Waals surface area (Å²) < 4.78 is 46.1. The third-order valence-corrected chi connectivity index (χ3v) is 23.8. The van der Waals surface area contributed by atoms with E-state index in [1.807, 2.05) is 55.4 Å². The van der Waals surface area contributed by atoms with Crippen molar-refractivity contribution in [2.24, 2.45) is 0 Å². The first-order valence-electron chi connectivity index (χ1n) is 12.3. The molecule has 10 heteroatoms. The summed E-state index contributed by atoms with van der Waals surface area (Å²) in [5.41, 5.74) is -0.164. The summed E-state index contributed by atoms with van der Waals surface area (Å²) in [6.07, 6.45) is 5.69. The van der Waals surface area contributed by atoms with Gasteiger partial charge in [-0.15, -0.1) is 0 Å². The van der Waals surface area contributed by atoms with E-state index in [4.69, 9.17) is 9.05 Å². The standard InChI is InChI=1S/C24H44O7P2S/c1-9-32(10-2,11-3,12-4)30-23(25)20-17-21(19-22(18-20)34(27,28)29)24(26)31-33(13-5,14-6,15-7)16-8/h17-19H,9-16H2,1-8H3,(H,27,28,29). The van der Waals surface area contributed by atoms with Crippen LogP contribution in [0.5, 0.6) is 0 Å². The SMILES string of the molecule is CCP(CC)(CC)(CC)OC(=O)c1cc(C(=O)OP(CC)(CC)(CC)CC)cc(S(=O)(=O)O)c1. The van der Waals surface area contributed by atoms with Crippen LogP contribution in [0.25, 0.3) is 0 Å². The molecule has 0 spiro atoms. The second kappa shape index (κ2) is 10.9. The fourth-order valence-electron chi connectivity index (χ4n) is 4.76. The van der Waals surface area contributed by atoms with Gasteiger partial charge in [-0.25, -0.2) is 0 Å². The van der Waals surface area contributed by atoms with Gasteiger partial charge in [0, 0.05) is 0 Å². The van der Waals surface area contributed by atoms with Gasteiger partial charge < -0.3 is 0 Å². The predicted molar refractivity (Wildman–Crippen MR) is 145 cm³/mol. The molecular formula is C24H44O7P2S. The summed E-state index contributed by atoms with van der Waals surface area (Å²) in [5, 5.41) is 0. The van der Waals surface area contributed by atoms with Gasteiger partial charge in [0.05, 0.1) is 0 Å². The van der Waals surface area contributed by atoms with E-state index < -0.39 is 40.6 Å². The zero-order chi connectivity index (χ0) is 26.5. The molecule has 0 aliphatic carbocycles. The van der Waals surface area contributed by atoms with E-state index in [0.717, 1.165) is 12.1 Å². The Kier molecular flexibility index (Phi) is 9.93. The molecule has 1 N–H and O–H groups in total. The molecule has 0 unspecified atom stereocenters. The van der Waals surface area contributed by atoms with Crippen LogP contribution in [0.3, 0.4) is 0 Å². The topological polar surface area (TPSA) is 107 Å². The van der Waals surface area contributed by atoms with Crippen molar-refractivity contribution < 1.29 is 31.6 Å². The van der Waals surface area contributed by atoms with Crippen LogP contribution in [0.1, 0.15) is 76.1 Å². The predicted octanol–water partition coefficient (Wildman–Crippen LogP) is 6.34. The van der Waals surface area contributed by atoms with Gasteiger partial charge in [0.15, 0.2) is 0 Å². The third kappa shape index (κ3) is 5.83. The zero-order valence-corrected chi connectivity index (χ0v) is 24.7. The number of carbonyl (C=O) groups is 2. The maximum absolute atomic E-state index is 13.3. The molecule has 1 aromatic carbocycles. The van der Waals surface area contributed by atoms with Gasteiger partial charge in [-0.1, -0.05) is 0 Å². The molecule has 0 heterocycles. The van der Waals surface area contributed by atoms with Crippen LogP contribution in [0.15, 0.2) is 23.1 Å². The molecule has 0 saturated carbocycles. The first-order chi connectivity index (χ1) is 15.7. The molecule has 1 aromatic rings. The molecule has 34 heavy (non-hydrogen) atoms. The Morgan fingerprint density at radius 1 is 0.647 bits per heavy atom. The molecule has 0 atom stereocenters. The average molecular weight is 539 g/mol. The fraction of sp³-hybridized carbons (Fsp3) is 0.667. The molecule has 198 valence electrons. The van der Waals surface area contributed by atoms with E-state index >= 15 is 0 Å². The molecule has 0 radical (unpaired) electrons. The summed E-state index contributed by atoms with van der Waals surface area (Å²) >= 11 is 0. The summed E-state index contributed by atoms with van der Waals surface area (Å²) in [6, 6.07) is 3.45. The molecule has 1 rings (SSSR count). The van der Waals surface area contributed by atoms with Crippen molar-refractivity contribution in [2.45, 2.75) is 60.3 Å². The van der Waals surface area contributed by atoms with Crippen LogP contribution in [0, 0.1) is 0 Å². The number of hydrogen-bond donors (Lipinski definition) is 1. The number of rotatable bonds is 13. The quantitative estimate of drug-likeness (QED) is 0.231. The van der Waals surface area contributed by atoms with Crippen molar-refractivity contribution in [2.75, 3.05) is 49.3 Å². The number of carbonyl (C=O) groups excluding carboxylic acids is 2. The van der Waals surface area contributed by atoms with E-state index in [1.54, 1.807) is 0 Å². The number of benzene rings is 1. The van der Waals surface area contributed by atoms with Crippen molar-refractivity contribution in [1.82, 2.24) is 0 Å². The van der Waals surface area contributed by atoms with E-state index in [2.05, 4.69) is 0 Å². The van der Waals surface area contributed by atoms with Gasteiger partial charge >= 0.3 is 206 Å². The Morgan fingerprint density at radius 3 is 1.12 bits per heavy atom. The Labute approximate surface area is 206 Å². The van der Waals surface area contributed by atoms with Crippen molar-refractivity contribution in [3.8, 4) is 0 Å². The number of hydrogen-bond acceptors (Lipinski definition) is 6. The Bertz CT molecular complexity index is 903. The summed E-state index contributed by atoms with van der Waals surface area (Å²) in [4.78, 5) is 26.1. The zero-order valence-electron chi connectivity index (χ0n) is 22.1. The first-order valence-corrected chi connectivity index (χ1v) is 19.6. The van der Waals surface area contributed by atoms with Gasteiger partial charge in [-0.05, 0) is 0 Å². The van der Waals surface area contributed by atoms with Gasteiger partial charge in [-0.3, -0.25) is 0 Å². The summed E-state index contributed by atoms with van der Waals surface area (Å²) in [5.74, 6) is -1.36. The molecular weight excluding hydrogens is 494 g/mol. The van der Waals surface area contributed by atoms with Crippen molar-refractivity contribution >= 4 is 35.7 Å². The molecule has 0 aliphatic rings. The molecule has 0 aliphatic heterocycles. The minimum absolute atomic E-state index is 0.0822. The second-order valence-electron chi connectivity index (χ2n) is 9.22. The Hall–Kier alpha value is -1.07. The van der Waals surface area contributed by atoms with E-state index in [1.165, 1.54) is 6.07 Å². The minimum atomic E-state index is -4.67. The molecule has 0 fully saturated rings. The van der Waals surface area contributed by atoms with Crippen molar-refractivity contribution in [1.29, 1.82) is 0 Å². The van der Waals surface area contributed by atoms with E-state index in [-0.39, 0.29) is 11.1 Å². The molecule has 0 saturated heterocycles. The maximum atomic E-state index is 13.3. The Morgan fingerprint density at radius 2 is 0.912 bits per heavy atom. The van der Waals surface area contributed by atoms with Crippen LogP contribution < -0.4 is 0 Å². The normalized spacial score (nSPS) is 15.0. The van der Waals surface area contributed by atoms with Crippen LogP contribution in [-0.4, -0.2) is 74.2 Å². The van der Waals surface area contributed by atoms with E-state index in [9.17, 15) is 22.6 Å².